The van der Waals surface area contributed by atoms with E-state index in [4.69, 9.17) is 19.0 Å². The SMILES string of the molecule is CN1CCN(Cc2cnn(-c3ccc(-c4ccc5c(c4)OCCO5)cc3)c2-c2ccco2)CC1. The van der Waals surface area contributed by atoms with Crippen molar-refractivity contribution in [2.24, 2.45) is 0 Å². The molecule has 0 atom stereocenters. The number of ether oxygens (including phenoxy) is 2. The summed E-state index contributed by atoms with van der Waals surface area (Å²) in [6.45, 7) is 6.34. The molecule has 6 rings (SSSR count). The Morgan fingerprint density at radius 1 is 0.853 bits per heavy atom. The molecule has 2 aromatic heterocycles. The van der Waals surface area contributed by atoms with Crippen molar-refractivity contribution >= 4 is 0 Å². The first-order valence-corrected chi connectivity index (χ1v) is 11.8. The summed E-state index contributed by atoms with van der Waals surface area (Å²) >= 11 is 0. The molecule has 0 saturated carbocycles. The number of hydrogen-bond acceptors (Lipinski definition) is 6. The summed E-state index contributed by atoms with van der Waals surface area (Å²) in [5.41, 5.74) is 5.40. The molecule has 1 saturated heterocycles. The summed E-state index contributed by atoms with van der Waals surface area (Å²) in [5.74, 6) is 2.44. The van der Waals surface area contributed by atoms with Gasteiger partial charge in [0.2, 0.25) is 0 Å². The summed E-state index contributed by atoms with van der Waals surface area (Å²) in [4.78, 5) is 4.86. The Bertz CT molecular complexity index is 1260. The first-order valence-electron chi connectivity index (χ1n) is 11.8. The number of aromatic nitrogens is 2. The fraction of sp³-hybridized carbons (Fsp3) is 0.296. The van der Waals surface area contributed by atoms with Gasteiger partial charge < -0.3 is 18.8 Å². The molecule has 4 aromatic rings. The highest BCUT2D eigenvalue weighted by Gasteiger charge is 2.21. The summed E-state index contributed by atoms with van der Waals surface area (Å²) in [7, 11) is 2.18. The largest absolute Gasteiger partial charge is 0.486 e. The Morgan fingerprint density at radius 3 is 2.38 bits per heavy atom. The van der Waals surface area contributed by atoms with Crippen LogP contribution >= 0.6 is 0 Å². The standard InChI is InChI=1S/C27H28N4O3/c1-29-10-12-30(13-11-29)19-22-18-28-31(27(22)25-3-2-14-32-25)23-7-4-20(5-8-23)21-6-9-24-26(17-21)34-16-15-33-24/h2-9,14,17-18H,10-13,15-16,19H2,1H3. The van der Waals surface area contributed by atoms with Gasteiger partial charge in [0.05, 0.1) is 18.1 Å². The van der Waals surface area contributed by atoms with Crippen LogP contribution in [0.25, 0.3) is 28.3 Å². The molecule has 2 aromatic carbocycles. The molecule has 0 aliphatic carbocycles. The lowest BCUT2D eigenvalue weighted by molar-refractivity contribution is 0.148. The van der Waals surface area contributed by atoms with E-state index in [1.807, 2.05) is 35.1 Å². The van der Waals surface area contributed by atoms with Gasteiger partial charge in [-0.3, -0.25) is 4.90 Å². The molecule has 0 amide bonds. The molecule has 7 nitrogen and oxygen atoms in total. The zero-order chi connectivity index (χ0) is 22.9. The van der Waals surface area contributed by atoms with Crippen LogP contribution in [0.1, 0.15) is 5.56 Å². The molecule has 0 bridgehead atoms. The van der Waals surface area contributed by atoms with Gasteiger partial charge in [-0.15, -0.1) is 0 Å². The normalized spacial score (nSPS) is 16.6. The van der Waals surface area contributed by atoms with Crippen molar-refractivity contribution in [1.82, 2.24) is 19.6 Å². The van der Waals surface area contributed by atoms with Crippen LogP contribution in [0.5, 0.6) is 11.5 Å². The number of likely N-dealkylation sites (N-methyl/N-ethyl adjacent to an activating group) is 1. The van der Waals surface area contributed by atoms with Gasteiger partial charge in [0.25, 0.3) is 0 Å². The third-order valence-corrected chi connectivity index (χ3v) is 6.58. The molecule has 1 fully saturated rings. The number of rotatable bonds is 5. The van der Waals surface area contributed by atoms with Crippen molar-refractivity contribution in [3.8, 4) is 39.8 Å². The van der Waals surface area contributed by atoms with Gasteiger partial charge in [-0.05, 0) is 54.6 Å². The van der Waals surface area contributed by atoms with Crippen molar-refractivity contribution in [2.45, 2.75) is 6.54 Å². The van der Waals surface area contributed by atoms with E-state index in [1.54, 1.807) is 6.26 Å². The van der Waals surface area contributed by atoms with Gasteiger partial charge in [0.1, 0.15) is 18.9 Å². The molecular weight excluding hydrogens is 428 g/mol. The first-order chi connectivity index (χ1) is 16.7. The summed E-state index contributed by atoms with van der Waals surface area (Å²) in [5, 5.41) is 4.77. The molecule has 4 heterocycles. The van der Waals surface area contributed by atoms with Gasteiger partial charge in [0, 0.05) is 38.3 Å². The minimum atomic E-state index is 0.584. The van der Waals surface area contributed by atoms with Crippen LogP contribution in [0, 0.1) is 0 Å². The Labute approximate surface area is 199 Å². The highest BCUT2D eigenvalue weighted by Crippen LogP contribution is 2.35. The van der Waals surface area contributed by atoms with Crippen LogP contribution in [-0.2, 0) is 6.54 Å². The van der Waals surface area contributed by atoms with E-state index < -0.39 is 0 Å². The third-order valence-electron chi connectivity index (χ3n) is 6.58. The van der Waals surface area contributed by atoms with Crippen molar-refractivity contribution < 1.29 is 13.9 Å². The molecule has 7 heteroatoms. The highest BCUT2D eigenvalue weighted by molar-refractivity contribution is 5.69. The average Bonchev–Trinajstić information content (AvgIpc) is 3.55. The maximum atomic E-state index is 5.82. The minimum absolute atomic E-state index is 0.584. The van der Waals surface area contributed by atoms with E-state index >= 15 is 0 Å². The number of nitrogens with zero attached hydrogens (tertiary/aromatic N) is 4. The van der Waals surface area contributed by atoms with E-state index in [0.29, 0.717) is 13.2 Å². The Balaban J connectivity index is 1.30. The Kier molecular flexibility index (Phi) is 5.57. The van der Waals surface area contributed by atoms with Crippen molar-refractivity contribution in [1.29, 1.82) is 0 Å². The lowest BCUT2D eigenvalue weighted by Gasteiger charge is -2.32. The maximum Gasteiger partial charge on any atom is 0.161 e. The van der Waals surface area contributed by atoms with Crippen LogP contribution in [-0.4, -0.2) is 66.0 Å². The van der Waals surface area contributed by atoms with Crippen LogP contribution in [0.4, 0.5) is 0 Å². The lowest BCUT2D eigenvalue weighted by atomic mass is 10.0. The van der Waals surface area contributed by atoms with E-state index in [0.717, 1.165) is 72.5 Å². The molecule has 0 radical (unpaired) electrons. The zero-order valence-electron chi connectivity index (χ0n) is 19.3. The molecule has 0 spiro atoms. The van der Waals surface area contributed by atoms with Gasteiger partial charge in [-0.1, -0.05) is 18.2 Å². The molecule has 2 aliphatic rings. The van der Waals surface area contributed by atoms with Crippen molar-refractivity contribution in [3.63, 3.8) is 0 Å². The topological polar surface area (TPSA) is 55.9 Å². The van der Waals surface area contributed by atoms with Gasteiger partial charge in [0.15, 0.2) is 17.3 Å². The number of hydrogen-bond donors (Lipinski definition) is 0. The number of piperazine rings is 1. The van der Waals surface area contributed by atoms with Crippen molar-refractivity contribution in [2.75, 3.05) is 46.4 Å². The molecule has 0 N–H and O–H groups in total. The smallest absolute Gasteiger partial charge is 0.161 e. The average molecular weight is 457 g/mol. The summed E-state index contributed by atoms with van der Waals surface area (Å²) in [6, 6.07) is 18.5. The molecule has 0 unspecified atom stereocenters. The second kappa shape index (κ2) is 9.00. The first kappa shape index (κ1) is 21.0. The fourth-order valence-electron chi connectivity index (χ4n) is 4.63. The molecular formula is C27H28N4O3. The maximum absolute atomic E-state index is 5.82. The van der Waals surface area contributed by atoms with Crippen LogP contribution in [0.15, 0.2) is 71.5 Å². The van der Waals surface area contributed by atoms with E-state index in [1.165, 1.54) is 5.56 Å². The minimum Gasteiger partial charge on any atom is -0.486 e. The quantitative estimate of drug-likeness (QED) is 0.446. The monoisotopic (exact) mass is 456 g/mol. The van der Waals surface area contributed by atoms with E-state index in [9.17, 15) is 0 Å². The predicted octanol–water partition coefficient (Wildman–Crippen LogP) is 4.32. The number of benzene rings is 2. The summed E-state index contributed by atoms with van der Waals surface area (Å²) in [6.07, 6.45) is 3.70. The van der Waals surface area contributed by atoms with E-state index in [2.05, 4.69) is 47.2 Å². The van der Waals surface area contributed by atoms with Gasteiger partial charge >= 0.3 is 0 Å². The van der Waals surface area contributed by atoms with E-state index in [-0.39, 0.29) is 0 Å². The summed E-state index contributed by atoms with van der Waals surface area (Å²) < 4.78 is 19.2. The van der Waals surface area contributed by atoms with Crippen LogP contribution in [0.2, 0.25) is 0 Å². The van der Waals surface area contributed by atoms with Gasteiger partial charge in [-0.2, -0.15) is 5.10 Å². The van der Waals surface area contributed by atoms with Crippen molar-refractivity contribution in [3.05, 3.63) is 72.6 Å². The molecule has 2 aliphatic heterocycles. The lowest BCUT2D eigenvalue weighted by Crippen LogP contribution is -2.43. The fourth-order valence-corrected chi connectivity index (χ4v) is 4.63. The number of fused-ring (bicyclic) bond motifs is 1. The molecule has 34 heavy (non-hydrogen) atoms. The number of furan rings is 1. The second-order valence-corrected chi connectivity index (χ2v) is 8.89. The highest BCUT2D eigenvalue weighted by atomic mass is 16.6. The van der Waals surface area contributed by atoms with Gasteiger partial charge in [-0.25, -0.2) is 4.68 Å². The molecule has 174 valence electrons. The van der Waals surface area contributed by atoms with Crippen LogP contribution < -0.4 is 9.47 Å². The third kappa shape index (κ3) is 4.08. The second-order valence-electron chi connectivity index (χ2n) is 8.89. The van der Waals surface area contributed by atoms with Crippen LogP contribution in [0.3, 0.4) is 0 Å². The predicted molar refractivity (Wildman–Crippen MR) is 130 cm³/mol. The Morgan fingerprint density at radius 2 is 1.62 bits per heavy atom. The Hall–Kier alpha value is -3.55. The zero-order valence-corrected chi connectivity index (χ0v) is 19.3.